The highest BCUT2D eigenvalue weighted by molar-refractivity contribution is 5.94. The Morgan fingerprint density at radius 2 is 1.33 bits per heavy atom. The molecule has 2 heteroatoms. The lowest BCUT2D eigenvalue weighted by molar-refractivity contribution is -0.122. The average molecular weight is 353 g/mol. The minimum atomic E-state index is -0.0553. The van der Waals surface area contributed by atoms with E-state index in [4.69, 9.17) is 0 Å². The molecule has 1 amide bonds. The summed E-state index contributed by atoms with van der Waals surface area (Å²) in [4.78, 5) is 13.4. The molecule has 2 atom stereocenters. The van der Waals surface area contributed by atoms with E-state index in [1.54, 1.807) is 0 Å². The van der Waals surface area contributed by atoms with Crippen LogP contribution in [0, 0.1) is 18.8 Å². The third-order valence-electron chi connectivity index (χ3n) is 6.37. The SMILES string of the molecule is Cc1cccc(NC(=O)[C@@H]2C3c4ccccc4C(c4ccccc43)[C@H]2C)c1. The molecule has 0 radical (unpaired) electrons. The Kier molecular flexibility index (Phi) is 3.68. The number of amides is 1. The van der Waals surface area contributed by atoms with Gasteiger partial charge in [0.25, 0.3) is 0 Å². The first-order chi connectivity index (χ1) is 13.1. The lowest BCUT2D eigenvalue weighted by Crippen LogP contribution is -2.44. The summed E-state index contributed by atoms with van der Waals surface area (Å²) in [5.74, 6) is 0.759. The second-order valence-electron chi connectivity index (χ2n) is 7.96. The van der Waals surface area contributed by atoms with Crippen LogP contribution in [0.1, 0.15) is 46.6 Å². The van der Waals surface area contributed by atoms with Gasteiger partial charge in [-0.1, -0.05) is 67.6 Å². The Labute approximate surface area is 160 Å². The number of hydrogen-bond acceptors (Lipinski definition) is 1. The average Bonchev–Trinajstić information content (AvgIpc) is 2.68. The molecule has 3 aromatic rings. The van der Waals surface area contributed by atoms with E-state index in [-0.39, 0.29) is 29.6 Å². The smallest absolute Gasteiger partial charge is 0.228 e. The zero-order valence-electron chi connectivity index (χ0n) is 15.6. The third-order valence-corrected chi connectivity index (χ3v) is 6.37. The minimum Gasteiger partial charge on any atom is -0.326 e. The molecular weight excluding hydrogens is 330 g/mol. The van der Waals surface area contributed by atoms with Gasteiger partial charge in [0.05, 0.1) is 5.92 Å². The van der Waals surface area contributed by atoms with E-state index in [0.717, 1.165) is 11.3 Å². The fraction of sp³-hybridized carbons (Fsp3) is 0.240. The highest BCUT2D eigenvalue weighted by Gasteiger charge is 2.50. The summed E-state index contributed by atoms with van der Waals surface area (Å²) in [6.07, 6.45) is 0. The van der Waals surface area contributed by atoms with Crippen LogP contribution in [0.2, 0.25) is 0 Å². The van der Waals surface area contributed by atoms with Crippen molar-refractivity contribution in [3.63, 3.8) is 0 Å². The Morgan fingerprint density at radius 1 is 0.778 bits per heavy atom. The summed E-state index contributed by atoms with van der Waals surface area (Å²) in [5.41, 5.74) is 7.48. The van der Waals surface area contributed by atoms with Crippen molar-refractivity contribution < 1.29 is 4.79 Å². The van der Waals surface area contributed by atoms with Crippen molar-refractivity contribution in [2.45, 2.75) is 25.7 Å². The lowest BCUT2D eigenvalue weighted by Gasteiger charge is -2.49. The second-order valence-corrected chi connectivity index (χ2v) is 7.96. The van der Waals surface area contributed by atoms with Gasteiger partial charge in [-0.15, -0.1) is 0 Å². The van der Waals surface area contributed by atoms with E-state index < -0.39 is 0 Å². The van der Waals surface area contributed by atoms with E-state index >= 15 is 0 Å². The van der Waals surface area contributed by atoms with Gasteiger partial charge < -0.3 is 5.32 Å². The van der Waals surface area contributed by atoms with Crippen LogP contribution in [0.25, 0.3) is 0 Å². The summed E-state index contributed by atoms with van der Waals surface area (Å²) < 4.78 is 0. The van der Waals surface area contributed by atoms with E-state index in [0.29, 0.717) is 0 Å². The van der Waals surface area contributed by atoms with Crippen molar-refractivity contribution in [2.75, 3.05) is 5.32 Å². The summed E-state index contributed by atoms with van der Waals surface area (Å²) >= 11 is 0. The number of nitrogens with one attached hydrogen (secondary N) is 1. The summed E-state index contributed by atoms with van der Waals surface area (Å²) in [6.45, 7) is 4.29. The highest BCUT2D eigenvalue weighted by atomic mass is 16.1. The third kappa shape index (κ3) is 2.43. The van der Waals surface area contributed by atoms with Gasteiger partial charge in [0, 0.05) is 17.5 Å². The zero-order chi connectivity index (χ0) is 18.5. The molecule has 6 rings (SSSR count). The molecule has 0 unspecified atom stereocenters. The maximum atomic E-state index is 13.4. The van der Waals surface area contributed by atoms with E-state index in [9.17, 15) is 4.79 Å². The largest absolute Gasteiger partial charge is 0.326 e. The molecule has 2 bridgehead atoms. The predicted molar refractivity (Wildman–Crippen MR) is 109 cm³/mol. The van der Waals surface area contributed by atoms with Gasteiger partial charge in [-0.05, 0) is 52.8 Å². The van der Waals surface area contributed by atoms with Gasteiger partial charge in [-0.25, -0.2) is 0 Å². The van der Waals surface area contributed by atoms with Gasteiger partial charge in [-0.3, -0.25) is 4.79 Å². The fourth-order valence-electron chi connectivity index (χ4n) is 5.29. The first kappa shape index (κ1) is 16.3. The molecule has 0 fully saturated rings. The number of fused-ring (bicyclic) bond motifs is 1. The first-order valence-electron chi connectivity index (χ1n) is 9.70. The van der Waals surface area contributed by atoms with Crippen LogP contribution in [-0.2, 0) is 4.79 Å². The van der Waals surface area contributed by atoms with Crippen molar-refractivity contribution in [1.82, 2.24) is 0 Å². The van der Waals surface area contributed by atoms with Gasteiger partial charge in [0.1, 0.15) is 0 Å². The number of rotatable bonds is 2. The van der Waals surface area contributed by atoms with Crippen LogP contribution < -0.4 is 5.32 Å². The van der Waals surface area contributed by atoms with Crippen molar-refractivity contribution >= 4 is 11.6 Å². The molecule has 3 aliphatic carbocycles. The monoisotopic (exact) mass is 353 g/mol. The molecule has 0 saturated carbocycles. The molecule has 0 aromatic heterocycles. The van der Waals surface area contributed by atoms with Gasteiger partial charge >= 0.3 is 0 Å². The highest BCUT2D eigenvalue weighted by Crippen LogP contribution is 2.58. The van der Waals surface area contributed by atoms with Crippen molar-refractivity contribution in [3.05, 3.63) is 101 Å². The Bertz CT molecular complexity index is 990. The van der Waals surface area contributed by atoms with Crippen molar-refractivity contribution in [2.24, 2.45) is 11.8 Å². The van der Waals surface area contributed by atoms with Crippen LogP contribution in [0.15, 0.2) is 72.8 Å². The topological polar surface area (TPSA) is 29.1 Å². The predicted octanol–water partition coefficient (Wildman–Crippen LogP) is 5.48. The zero-order valence-corrected chi connectivity index (χ0v) is 15.6. The van der Waals surface area contributed by atoms with Crippen LogP contribution in [0.5, 0.6) is 0 Å². The van der Waals surface area contributed by atoms with Crippen molar-refractivity contribution in [1.29, 1.82) is 0 Å². The minimum absolute atomic E-state index is 0.0553. The van der Waals surface area contributed by atoms with Gasteiger partial charge in [0.2, 0.25) is 5.91 Å². The quantitative estimate of drug-likeness (QED) is 0.650. The maximum Gasteiger partial charge on any atom is 0.228 e. The second kappa shape index (κ2) is 6.09. The Balaban J connectivity index is 1.60. The normalized spacial score (nSPS) is 24.8. The number of carbonyl (C=O) groups is 1. The van der Waals surface area contributed by atoms with Crippen molar-refractivity contribution in [3.8, 4) is 0 Å². The van der Waals surface area contributed by atoms with E-state index in [1.807, 2.05) is 31.2 Å². The first-order valence-corrected chi connectivity index (χ1v) is 9.70. The Morgan fingerprint density at radius 3 is 1.89 bits per heavy atom. The molecule has 3 aliphatic rings. The summed E-state index contributed by atoms with van der Waals surface area (Å²) in [6, 6.07) is 25.4. The molecular formula is C25H23NO. The standard InChI is InChI=1S/C25H23NO/c1-15-8-7-9-17(14-15)26-25(27)23-16(2)22-18-10-3-5-12-20(18)24(23)21-13-6-4-11-19(21)22/h3-14,16,22-24H,1-2H3,(H,26,27)/t16-,22?,23+,24?/m1/s1. The van der Waals surface area contributed by atoms with E-state index in [2.05, 4.69) is 60.8 Å². The lowest BCUT2D eigenvalue weighted by atomic mass is 9.54. The number of hydrogen-bond donors (Lipinski definition) is 1. The summed E-state index contributed by atoms with van der Waals surface area (Å²) in [5, 5.41) is 3.19. The molecule has 27 heavy (non-hydrogen) atoms. The molecule has 2 nitrogen and oxygen atoms in total. The number of anilines is 1. The van der Waals surface area contributed by atoms with Crippen LogP contribution in [0.4, 0.5) is 5.69 Å². The van der Waals surface area contributed by atoms with E-state index in [1.165, 1.54) is 22.3 Å². The van der Waals surface area contributed by atoms with Crippen LogP contribution in [0.3, 0.4) is 0 Å². The van der Waals surface area contributed by atoms with Crippen LogP contribution in [-0.4, -0.2) is 5.91 Å². The molecule has 134 valence electrons. The molecule has 0 heterocycles. The number of aryl methyl sites for hydroxylation is 1. The fourth-order valence-corrected chi connectivity index (χ4v) is 5.29. The number of benzene rings is 3. The van der Waals surface area contributed by atoms with Gasteiger partial charge in [0.15, 0.2) is 0 Å². The molecule has 3 aromatic carbocycles. The summed E-state index contributed by atoms with van der Waals surface area (Å²) in [7, 11) is 0. The van der Waals surface area contributed by atoms with Gasteiger partial charge in [-0.2, -0.15) is 0 Å². The maximum absolute atomic E-state index is 13.4. The molecule has 0 saturated heterocycles. The number of carbonyl (C=O) groups excluding carboxylic acids is 1. The molecule has 0 aliphatic heterocycles. The van der Waals surface area contributed by atoms with Crippen LogP contribution >= 0.6 is 0 Å². The molecule has 1 N–H and O–H groups in total. The molecule has 0 spiro atoms. The Hall–Kier alpha value is -2.87.